The van der Waals surface area contributed by atoms with E-state index in [1.54, 1.807) is 17.5 Å². The summed E-state index contributed by atoms with van der Waals surface area (Å²) in [5.74, 6) is -0.647. The van der Waals surface area contributed by atoms with Crippen molar-refractivity contribution in [3.05, 3.63) is 59.7 Å². The van der Waals surface area contributed by atoms with Crippen molar-refractivity contribution in [3.63, 3.8) is 0 Å². The maximum absolute atomic E-state index is 13.0. The average Bonchev–Trinajstić information content (AvgIpc) is 2.92. The van der Waals surface area contributed by atoms with E-state index in [1.807, 2.05) is 19.1 Å². The Kier molecular flexibility index (Phi) is 4.33. The van der Waals surface area contributed by atoms with Crippen LogP contribution >= 0.6 is 0 Å². The fraction of sp³-hybridized carbons (Fsp3) is 0.176. The zero-order valence-corrected chi connectivity index (χ0v) is 13.2. The first-order valence-corrected chi connectivity index (χ1v) is 7.41. The summed E-state index contributed by atoms with van der Waals surface area (Å²) in [6.07, 6.45) is 1.76. The molecule has 2 aromatic heterocycles. The molecule has 0 saturated heterocycles. The summed E-state index contributed by atoms with van der Waals surface area (Å²) < 4.78 is 19.6. The minimum atomic E-state index is -0.563. The number of azo groups is 1. The van der Waals surface area contributed by atoms with E-state index in [1.165, 1.54) is 24.3 Å². The van der Waals surface area contributed by atoms with E-state index in [0.717, 1.165) is 5.56 Å². The van der Waals surface area contributed by atoms with Crippen molar-refractivity contribution >= 4 is 23.1 Å². The summed E-state index contributed by atoms with van der Waals surface area (Å²) in [4.78, 5) is 16.4. The second kappa shape index (κ2) is 6.57. The maximum Gasteiger partial charge on any atom is 0.360 e. The summed E-state index contributed by atoms with van der Waals surface area (Å²) in [6.45, 7) is 3.89. The van der Waals surface area contributed by atoms with Crippen LogP contribution in [-0.4, -0.2) is 22.0 Å². The van der Waals surface area contributed by atoms with Crippen LogP contribution in [0, 0.1) is 12.7 Å². The number of fused-ring (bicyclic) bond motifs is 1. The molecular weight excluding hydrogens is 311 g/mol. The van der Waals surface area contributed by atoms with Crippen LogP contribution in [0.15, 0.2) is 52.8 Å². The number of pyridine rings is 1. The summed E-state index contributed by atoms with van der Waals surface area (Å²) in [6, 6.07) is 9.28. The van der Waals surface area contributed by atoms with Gasteiger partial charge < -0.3 is 4.74 Å². The van der Waals surface area contributed by atoms with Gasteiger partial charge in [0.2, 0.25) is 0 Å². The van der Waals surface area contributed by atoms with Gasteiger partial charge in [0.25, 0.3) is 0 Å². The molecule has 0 saturated carbocycles. The van der Waals surface area contributed by atoms with Crippen molar-refractivity contribution in [2.75, 3.05) is 6.61 Å². The van der Waals surface area contributed by atoms with Crippen molar-refractivity contribution in [2.45, 2.75) is 13.8 Å². The number of hydrogen-bond acceptors (Lipinski definition) is 5. The molecule has 0 atom stereocenters. The third-order valence-corrected chi connectivity index (χ3v) is 3.31. The molecule has 6 nitrogen and oxygen atoms in total. The van der Waals surface area contributed by atoms with Crippen LogP contribution in [0.3, 0.4) is 0 Å². The number of carbonyl (C=O) groups excluding carboxylic acids is 1. The van der Waals surface area contributed by atoms with Crippen LogP contribution in [0.4, 0.5) is 15.9 Å². The number of carbonyl (C=O) groups is 1. The number of aryl methyl sites for hydroxylation is 1. The van der Waals surface area contributed by atoms with Crippen molar-refractivity contribution < 1.29 is 13.9 Å². The number of rotatable bonds is 4. The van der Waals surface area contributed by atoms with E-state index in [9.17, 15) is 9.18 Å². The largest absolute Gasteiger partial charge is 0.461 e. The SMILES string of the molecule is CCOC(=O)c1nc2cc(C)ccn2c1N=Nc1ccc(F)cc1. The minimum absolute atomic E-state index is 0.0910. The number of ether oxygens (including phenoxy) is 1. The highest BCUT2D eigenvalue weighted by Crippen LogP contribution is 2.25. The van der Waals surface area contributed by atoms with Crippen LogP contribution in [0.2, 0.25) is 0 Å². The van der Waals surface area contributed by atoms with Crippen LogP contribution < -0.4 is 0 Å². The Labute approximate surface area is 137 Å². The Balaban J connectivity index is 2.08. The highest BCUT2D eigenvalue weighted by Gasteiger charge is 2.20. The van der Waals surface area contributed by atoms with E-state index in [-0.39, 0.29) is 23.9 Å². The Hall–Kier alpha value is -3.09. The second-order valence-electron chi connectivity index (χ2n) is 5.11. The van der Waals surface area contributed by atoms with Gasteiger partial charge in [0, 0.05) is 6.20 Å². The van der Waals surface area contributed by atoms with Crippen molar-refractivity contribution in [1.29, 1.82) is 0 Å². The average molecular weight is 326 g/mol. The summed E-state index contributed by atoms with van der Waals surface area (Å²) in [7, 11) is 0. The Morgan fingerprint density at radius 2 is 2.00 bits per heavy atom. The molecule has 3 aromatic rings. The topological polar surface area (TPSA) is 68.3 Å². The van der Waals surface area contributed by atoms with Gasteiger partial charge in [0.05, 0.1) is 12.3 Å². The lowest BCUT2D eigenvalue weighted by Crippen LogP contribution is -2.05. The van der Waals surface area contributed by atoms with Gasteiger partial charge in [-0.3, -0.25) is 4.40 Å². The molecule has 0 amide bonds. The van der Waals surface area contributed by atoms with E-state index in [4.69, 9.17) is 4.74 Å². The van der Waals surface area contributed by atoms with Gasteiger partial charge in [-0.2, -0.15) is 0 Å². The number of hydrogen-bond donors (Lipinski definition) is 0. The quantitative estimate of drug-likeness (QED) is 0.528. The zero-order chi connectivity index (χ0) is 17.1. The molecule has 0 spiro atoms. The Morgan fingerprint density at radius 3 is 2.71 bits per heavy atom. The minimum Gasteiger partial charge on any atom is -0.461 e. The van der Waals surface area contributed by atoms with Crippen LogP contribution in [0.25, 0.3) is 5.65 Å². The monoisotopic (exact) mass is 326 g/mol. The normalized spacial score (nSPS) is 11.3. The van der Waals surface area contributed by atoms with Crippen LogP contribution in [-0.2, 0) is 4.74 Å². The first-order valence-electron chi connectivity index (χ1n) is 7.41. The van der Waals surface area contributed by atoms with Crippen molar-refractivity contribution in [2.24, 2.45) is 10.2 Å². The van der Waals surface area contributed by atoms with E-state index < -0.39 is 5.97 Å². The maximum atomic E-state index is 13.0. The van der Waals surface area contributed by atoms with Crippen LogP contribution in [0.5, 0.6) is 0 Å². The molecule has 0 radical (unpaired) electrons. The number of nitrogens with zero attached hydrogens (tertiary/aromatic N) is 4. The van der Waals surface area contributed by atoms with Gasteiger partial charge in [-0.15, -0.1) is 10.2 Å². The summed E-state index contributed by atoms with van der Waals surface area (Å²) >= 11 is 0. The number of halogens is 1. The number of benzene rings is 1. The number of imidazole rings is 1. The van der Waals surface area contributed by atoms with E-state index in [2.05, 4.69) is 15.2 Å². The Morgan fingerprint density at radius 1 is 1.25 bits per heavy atom. The highest BCUT2D eigenvalue weighted by molar-refractivity contribution is 5.93. The third kappa shape index (κ3) is 3.15. The fourth-order valence-corrected chi connectivity index (χ4v) is 2.18. The number of esters is 1. The smallest absolute Gasteiger partial charge is 0.360 e. The molecule has 2 heterocycles. The Bertz CT molecular complexity index is 916. The van der Waals surface area contributed by atoms with E-state index in [0.29, 0.717) is 11.3 Å². The van der Waals surface area contributed by atoms with Gasteiger partial charge >= 0.3 is 5.97 Å². The van der Waals surface area contributed by atoms with Gasteiger partial charge in [-0.25, -0.2) is 14.2 Å². The van der Waals surface area contributed by atoms with Crippen molar-refractivity contribution in [3.8, 4) is 0 Å². The molecule has 122 valence electrons. The molecule has 0 fully saturated rings. The van der Waals surface area contributed by atoms with Crippen LogP contribution in [0.1, 0.15) is 23.0 Å². The lowest BCUT2D eigenvalue weighted by molar-refractivity contribution is 0.0521. The standard InChI is InChI=1S/C17H15FN4O2/c1-3-24-17(23)15-16(21-20-13-6-4-12(18)5-7-13)22-9-8-11(2)10-14(22)19-15/h4-10H,3H2,1-2H3. The first kappa shape index (κ1) is 15.8. The predicted octanol–water partition coefficient (Wildman–Crippen LogP) is 4.37. The molecular formula is C17H15FN4O2. The molecule has 24 heavy (non-hydrogen) atoms. The molecule has 3 rings (SSSR count). The first-order chi connectivity index (χ1) is 11.6. The molecule has 0 N–H and O–H groups in total. The molecule has 0 bridgehead atoms. The lowest BCUT2D eigenvalue weighted by atomic mass is 10.3. The van der Waals surface area contributed by atoms with E-state index >= 15 is 0 Å². The second-order valence-corrected chi connectivity index (χ2v) is 5.11. The third-order valence-electron chi connectivity index (χ3n) is 3.31. The fourth-order valence-electron chi connectivity index (χ4n) is 2.18. The van der Waals surface area contributed by atoms with Gasteiger partial charge in [0.1, 0.15) is 11.5 Å². The summed E-state index contributed by atoms with van der Waals surface area (Å²) in [5, 5.41) is 8.18. The lowest BCUT2D eigenvalue weighted by Gasteiger charge is -2.00. The number of aromatic nitrogens is 2. The zero-order valence-electron chi connectivity index (χ0n) is 13.2. The van der Waals surface area contributed by atoms with Gasteiger partial charge in [0.15, 0.2) is 11.5 Å². The molecule has 0 aliphatic rings. The molecule has 0 aliphatic carbocycles. The molecule has 1 aromatic carbocycles. The highest BCUT2D eigenvalue weighted by atomic mass is 19.1. The van der Waals surface area contributed by atoms with Crippen molar-refractivity contribution in [1.82, 2.24) is 9.38 Å². The predicted molar refractivity (Wildman–Crippen MR) is 86.5 cm³/mol. The molecule has 0 aliphatic heterocycles. The van der Waals surface area contributed by atoms with Gasteiger partial charge in [-0.05, 0) is 55.8 Å². The molecule has 7 heteroatoms. The van der Waals surface area contributed by atoms with Gasteiger partial charge in [-0.1, -0.05) is 0 Å². The molecule has 0 unspecified atom stereocenters. The summed E-state index contributed by atoms with van der Waals surface area (Å²) in [5.41, 5.74) is 2.14.